The number of piperidine rings is 1. The molecule has 0 radical (unpaired) electrons. The van der Waals surface area contributed by atoms with Gasteiger partial charge in [0.25, 0.3) is 5.91 Å². The van der Waals surface area contributed by atoms with E-state index in [9.17, 15) is 9.18 Å². The number of hydrogen-bond donors (Lipinski definition) is 1. The van der Waals surface area contributed by atoms with Crippen LogP contribution in [0.4, 0.5) is 9.39 Å². The Morgan fingerprint density at radius 1 is 1.18 bits per heavy atom. The molecule has 0 saturated carbocycles. The van der Waals surface area contributed by atoms with Crippen LogP contribution in [0.25, 0.3) is 0 Å². The van der Waals surface area contributed by atoms with E-state index in [4.69, 9.17) is 4.42 Å². The molecule has 1 aliphatic heterocycles. The molecule has 1 N–H and O–H groups in total. The van der Waals surface area contributed by atoms with Crippen molar-refractivity contribution in [2.45, 2.75) is 32.2 Å². The lowest BCUT2D eigenvalue weighted by atomic mass is 9.96. The number of amides is 1. The Kier molecular flexibility index (Phi) is 5.59. The number of furan rings is 1. The van der Waals surface area contributed by atoms with E-state index in [0.717, 1.165) is 46.9 Å². The summed E-state index contributed by atoms with van der Waals surface area (Å²) in [6.45, 7) is 4.01. The molecule has 1 fully saturated rings. The monoisotopic (exact) mass is 398 g/mol. The fraction of sp³-hybridized carbons (Fsp3) is 0.318. The molecule has 1 atom stereocenters. The highest BCUT2D eigenvalue weighted by atomic mass is 32.1. The van der Waals surface area contributed by atoms with E-state index in [0.29, 0.717) is 0 Å². The molecule has 1 aliphatic rings. The van der Waals surface area contributed by atoms with Crippen molar-refractivity contribution < 1.29 is 13.6 Å². The van der Waals surface area contributed by atoms with E-state index in [1.165, 1.54) is 24.8 Å². The molecule has 3 heterocycles. The number of likely N-dealkylation sites (tertiary alicyclic amines) is 1. The van der Waals surface area contributed by atoms with E-state index in [1.807, 2.05) is 19.1 Å². The molecule has 2 aromatic heterocycles. The van der Waals surface area contributed by atoms with Crippen molar-refractivity contribution in [2.24, 2.45) is 0 Å². The van der Waals surface area contributed by atoms with Gasteiger partial charge in [-0.3, -0.25) is 9.69 Å². The largest absolute Gasteiger partial charge is 0.459 e. The molecule has 6 heteroatoms. The van der Waals surface area contributed by atoms with Gasteiger partial charge in [-0.05, 0) is 68.8 Å². The highest BCUT2D eigenvalue weighted by molar-refractivity contribution is 7.16. The summed E-state index contributed by atoms with van der Waals surface area (Å²) in [5.74, 6) is -0.216. The Balaban J connectivity index is 1.71. The highest BCUT2D eigenvalue weighted by Crippen LogP contribution is 2.40. The average Bonchev–Trinajstić information content (AvgIpc) is 3.35. The predicted octanol–water partition coefficient (Wildman–Crippen LogP) is 5.62. The van der Waals surface area contributed by atoms with Crippen LogP contribution in [0.3, 0.4) is 0 Å². The lowest BCUT2D eigenvalue weighted by molar-refractivity contribution is 0.0996. The zero-order valence-electron chi connectivity index (χ0n) is 15.8. The number of carbonyl (C=O) groups is 1. The molecule has 0 bridgehead atoms. The molecule has 28 heavy (non-hydrogen) atoms. The van der Waals surface area contributed by atoms with Crippen LogP contribution in [0.5, 0.6) is 0 Å². The number of hydrogen-bond acceptors (Lipinski definition) is 4. The first kappa shape index (κ1) is 18.9. The number of halogens is 1. The summed E-state index contributed by atoms with van der Waals surface area (Å²) in [6, 6.07) is 12.2. The van der Waals surface area contributed by atoms with Crippen LogP contribution in [-0.4, -0.2) is 23.9 Å². The summed E-state index contributed by atoms with van der Waals surface area (Å²) < 4.78 is 18.8. The van der Waals surface area contributed by atoms with Gasteiger partial charge in [0.15, 0.2) is 5.76 Å². The Morgan fingerprint density at radius 3 is 2.61 bits per heavy atom. The van der Waals surface area contributed by atoms with Crippen molar-refractivity contribution in [3.8, 4) is 0 Å². The fourth-order valence-corrected chi connectivity index (χ4v) is 4.76. The highest BCUT2D eigenvalue weighted by Gasteiger charge is 2.28. The summed E-state index contributed by atoms with van der Waals surface area (Å²) in [5, 5.41) is 3.84. The van der Waals surface area contributed by atoms with Crippen LogP contribution >= 0.6 is 11.3 Å². The Hall–Kier alpha value is -2.44. The molecule has 146 valence electrons. The van der Waals surface area contributed by atoms with Crippen molar-refractivity contribution in [3.63, 3.8) is 0 Å². The second-order valence-corrected chi connectivity index (χ2v) is 8.38. The molecule has 1 aromatic carbocycles. The second kappa shape index (κ2) is 8.29. The summed E-state index contributed by atoms with van der Waals surface area (Å²) in [4.78, 5) is 16.1. The minimum atomic E-state index is -0.260. The van der Waals surface area contributed by atoms with Gasteiger partial charge >= 0.3 is 0 Å². The fourth-order valence-electron chi connectivity index (χ4n) is 3.82. The van der Waals surface area contributed by atoms with Crippen LogP contribution in [0.15, 0.2) is 53.1 Å². The maximum atomic E-state index is 13.5. The van der Waals surface area contributed by atoms with Crippen LogP contribution in [0.2, 0.25) is 0 Å². The molecule has 4 nitrogen and oxygen atoms in total. The molecule has 4 rings (SSSR count). The van der Waals surface area contributed by atoms with Crippen molar-refractivity contribution >= 4 is 22.2 Å². The topological polar surface area (TPSA) is 45.5 Å². The minimum Gasteiger partial charge on any atom is -0.459 e. The predicted molar refractivity (Wildman–Crippen MR) is 109 cm³/mol. The number of carbonyl (C=O) groups excluding carboxylic acids is 1. The normalized spacial score (nSPS) is 16.1. The second-order valence-electron chi connectivity index (χ2n) is 7.12. The zero-order chi connectivity index (χ0) is 19.5. The number of benzene rings is 1. The molecule has 0 aliphatic carbocycles. The number of aryl methyl sites for hydroxylation is 1. The molecule has 1 saturated heterocycles. The molecule has 0 unspecified atom stereocenters. The van der Waals surface area contributed by atoms with Crippen molar-refractivity contribution in [1.29, 1.82) is 0 Å². The number of rotatable bonds is 5. The maximum absolute atomic E-state index is 13.5. The van der Waals surface area contributed by atoms with Gasteiger partial charge in [0.2, 0.25) is 0 Å². The maximum Gasteiger partial charge on any atom is 0.291 e. The first-order valence-corrected chi connectivity index (χ1v) is 10.4. The van der Waals surface area contributed by atoms with Gasteiger partial charge in [0.05, 0.1) is 12.3 Å². The smallest absolute Gasteiger partial charge is 0.291 e. The molecule has 1 amide bonds. The number of thiophene rings is 1. The van der Waals surface area contributed by atoms with Gasteiger partial charge in [-0.2, -0.15) is 0 Å². The Morgan fingerprint density at radius 2 is 1.93 bits per heavy atom. The zero-order valence-corrected chi connectivity index (χ0v) is 16.6. The van der Waals surface area contributed by atoms with E-state index in [1.54, 1.807) is 23.5 Å². The Labute approximate surface area is 168 Å². The first-order valence-electron chi connectivity index (χ1n) is 9.56. The van der Waals surface area contributed by atoms with Crippen molar-refractivity contribution in [3.05, 3.63) is 76.3 Å². The average molecular weight is 399 g/mol. The van der Waals surface area contributed by atoms with Gasteiger partial charge in [0.1, 0.15) is 10.8 Å². The van der Waals surface area contributed by atoms with Crippen molar-refractivity contribution in [1.82, 2.24) is 4.90 Å². The van der Waals surface area contributed by atoms with Crippen LogP contribution in [0, 0.1) is 12.7 Å². The quantitative estimate of drug-likeness (QED) is 0.607. The minimum absolute atomic E-state index is 0.0160. The number of nitrogens with zero attached hydrogens (tertiary/aromatic N) is 1. The van der Waals surface area contributed by atoms with Gasteiger partial charge in [-0.1, -0.05) is 18.6 Å². The Bertz CT molecular complexity index is 928. The van der Waals surface area contributed by atoms with Crippen LogP contribution < -0.4 is 5.32 Å². The van der Waals surface area contributed by atoms with E-state index in [2.05, 4.69) is 16.3 Å². The lowest BCUT2D eigenvalue weighted by Gasteiger charge is -2.35. The van der Waals surface area contributed by atoms with Gasteiger partial charge in [0, 0.05) is 10.4 Å². The van der Waals surface area contributed by atoms with Crippen LogP contribution in [0.1, 0.15) is 51.9 Å². The summed E-state index contributed by atoms with van der Waals surface area (Å²) in [7, 11) is 0. The van der Waals surface area contributed by atoms with E-state index in [-0.39, 0.29) is 23.5 Å². The summed E-state index contributed by atoms with van der Waals surface area (Å²) in [5.41, 5.74) is 2.09. The standard InChI is InChI=1S/C22H23FN2O2S/c1-15-14-18(22(28-15)24-21(26)19-6-5-13-27-19)20(25-11-3-2-4-12-25)16-7-9-17(23)10-8-16/h5-10,13-14,20H,2-4,11-12H2,1H3,(H,24,26)/t20-/m0/s1. The molecular formula is C22H23FN2O2S. The third-order valence-electron chi connectivity index (χ3n) is 5.09. The van der Waals surface area contributed by atoms with Crippen molar-refractivity contribution in [2.75, 3.05) is 18.4 Å². The summed E-state index contributed by atoms with van der Waals surface area (Å²) in [6.07, 6.45) is 5.02. The third kappa shape index (κ3) is 4.03. The van der Waals surface area contributed by atoms with Gasteiger partial charge < -0.3 is 9.73 Å². The van der Waals surface area contributed by atoms with E-state index >= 15 is 0 Å². The van der Waals surface area contributed by atoms with Gasteiger partial charge in [-0.25, -0.2) is 4.39 Å². The van der Waals surface area contributed by atoms with Gasteiger partial charge in [-0.15, -0.1) is 11.3 Å². The number of nitrogens with one attached hydrogen (secondary N) is 1. The molecule has 3 aromatic rings. The lowest BCUT2D eigenvalue weighted by Crippen LogP contribution is -2.34. The third-order valence-corrected chi connectivity index (χ3v) is 6.07. The molecular weight excluding hydrogens is 375 g/mol. The SMILES string of the molecule is Cc1cc([C@H](c2ccc(F)cc2)N2CCCCC2)c(NC(=O)c2ccco2)s1. The molecule has 0 spiro atoms. The first-order chi connectivity index (χ1) is 13.6. The summed E-state index contributed by atoms with van der Waals surface area (Å²) >= 11 is 1.56. The van der Waals surface area contributed by atoms with Crippen LogP contribution in [-0.2, 0) is 0 Å². The van der Waals surface area contributed by atoms with E-state index < -0.39 is 0 Å². The number of anilines is 1.